The van der Waals surface area contributed by atoms with E-state index < -0.39 is 5.97 Å². The Balaban J connectivity index is 1.43. The van der Waals surface area contributed by atoms with E-state index in [0.29, 0.717) is 25.6 Å². The fourth-order valence-corrected chi connectivity index (χ4v) is 5.20. The molecule has 1 saturated carbocycles. The molecule has 1 aliphatic carbocycles. The predicted molar refractivity (Wildman–Crippen MR) is 125 cm³/mol. The van der Waals surface area contributed by atoms with Crippen molar-refractivity contribution in [1.82, 2.24) is 4.90 Å². The molecule has 0 bridgehead atoms. The zero-order chi connectivity index (χ0) is 21.1. The van der Waals surface area contributed by atoms with Gasteiger partial charge in [0.15, 0.2) is 0 Å². The van der Waals surface area contributed by atoms with Gasteiger partial charge in [0.25, 0.3) is 5.91 Å². The summed E-state index contributed by atoms with van der Waals surface area (Å²) in [4.78, 5) is 27.5. The van der Waals surface area contributed by atoms with Crippen LogP contribution < -0.4 is 4.74 Å². The van der Waals surface area contributed by atoms with Crippen LogP contribution in [0.2, 0.25) is 5.02 Å². The molecule has 1 heterocycles. The molecule has 154 valence electrons. The molecule has 0 unspecified atom stereocenters. The van der Waals surface area contributed by atoms with Gasteiger partial charge in [0.1, 0.15) is 10.1 Å². The highest BCUT2D eigenvalue weighted by Gasteiger charge is 2.37. The van der Waals surface area contributed by atoms with Crippen LogP contribution >= 0.6 is 35.6 Å². The van der Waals surface area contributed by atoms with Crippen molar-refractivity contribution >= 4 is 57.9 Å². The second-order valence-electron chi connectivity index (χ2n) is 7.31. The van der Waals surface area contributed by atoms with Crippen molar-refractivity contribution in [2.24, 2.45) is 0 Å². The summed E-state index contributed by atoms with van der Waals surface area (Å²) < 4.78 is 6.04. The summed E-state index contributed by atoms with van der Waals surface area (Å²) in [5.41, 5.74) is 1.28. The quantitative estimate of drug-likeness (QED) is 0.240. The standard InChI is InChI=1S/C23H20ClNO3S2/c24-17-10-8-16(9-11-17)22(27)28-19-12-6-15(7-13-19)14-20-21(26)25(23(29)30-20)18-4-2-1-3-5-18/h6-14,18H,1-5H2/b20-14-. The Hall–Kier alpha value is -2.15. The van der Waals surface area contributed by atoms with E-state index in [9.17, 15) is 9.59 Å². The topological polar surface area (TPSA) is 46.6 Å². The van der Waals surface area contributed by atoms with Gasteiger partial charge in [-0.3, -0.25) is 9.69 Å². The highest BCUT2D eigenvalue weighted by molar-refractivity contribution is 8.26. The minimum absolute atomic E-state index is 0.00450. The van der Waals surface area contributed by atoms with Crippen LogP contribution in [0.25, 0.3) is 6.08 Å². The van der Waals surface area contributed by atoms with Crippen LogP contribution in [0.3, 0.4) is 0 Å². The highest BCUT2D eigenvalue weighted by atomic mass is 35.5. The van der Waals surface area contributed by atoms with Crippen LogP contribution in [0.5, 0.6) is 5.75 Å². The van der Waals surface area contributed by atoms with Crippen LogP contribution in [0, 0.1) is 0 Å². The molecule has 4 rings (SSSR count). The van der Waals surface area contributed by atoms with E-state index in [1.54, 1.807) is 41.3 Å². The number of thiocarbonyl (C=S) groups is 1. The number of benzene rings is 2. The van der Waals surface area contributed by atoms with E-state index in [0.717, 1.165) is 31.2 Å². The number of hydrogen-bond donors (Lipinski definition) is 0. The van der Waals surface area contributed by atoms with Crippen molar-refractivity contribution in [3.63, 3.8) is 0 Å². The number of carbonyl (C=O) groups is 2. The second-order valence-corrected chi connectivity index (χ2v) is 9.42. The lowest BCUT2D eigenvalue weighted by Crippen LogP contribution is -2.39. The molecule has 4 nitrogen and oxygen atoms in total. The molecule has 30 heavy (non-hydrogen) atoms. The van der Waals surface area contributed by atoms with Crippen molar-refractivity contribution in [3.05, 3.63) is 69.6 Å². The number of nitrogens with zero attached hydrogens (tertiary/aromatic N) is 1. The molecule has 2 aromatic rings. The fourth-order valence-electron chi connectivity index (χ4n) is 3.67. The smallest absolute Gasteiger partial charge is 0.343 e. The molecular formula is C23H20ClNO3S2. The Morgan fingerprint density at radius 3 is 2.40 bits per heavy atom. The number of carbonyl (C=O) groups excluding carboxylic acids is 2. The van der Waals surface area contributed by atoms with Gasteiger partial charge >= 0.3 is 5.97 Å². The van der Waals surface area contributed by atoms with Gasteiger partial charge in [-0.05, 0) is 60.9 Å². The van der Waals surface area contributed by atoms with Crippen LogP contribution in [0.4, 0.5) is 0 Å². The first-order valence-electron chi connectivity index (χ1n) is 9.86. The lowest BCUT2D eigenvalue weighted by atomic mass is 9.94. The maximum atomic E-state index is 12.9. The Morgan fingerprint density at radius 1 is 1.07 bits per heavy atom. The summed E-state index contributed by atoms with van der Waals surface area (Å²) >= 11 is 12.7. The number of thioether (sulfide) groups is 1. The molecule has 0 radical (unpaired) electrons. The Morgan fingerprint density at radius 2 is 1.73 bits per heavy atom. The first-order chi connectivity index (χ1) is 14.5. The molecule has 1 saturated heterocycles. The van der Waals surface area contributed by atoms with Gasteiger partial charge in [-0.25, -0.2) is 4.79 Å². The Kier molecular flexibility index (Phi) is 6.56. The summed E-state index contributed by atoms with van der Waals surface area (Å²) in [7, 11) is 0. The molecule has 0 aromatic heterocycles. The SMILES string of the molecule is O=C(Oc1ccc(/C=C2\SC(=S)N(C3CCCCC3)C2=O)cc1)c1ccc(Cl)cc1. The Labute approximate surface area is 190 Å². The van der Waals surface area contributed by atoms with Crippen LogP contribution in [-0.2, 0) is 4.79 Å². The van der Waals surface area contributed by atoms with Crippen molar-refractivity contribution < 1.29 is 14.3 Å². The third-order valence-electron chi connectivity index (χ3n) is 5.23. The lowest BCUT2D eigenvalue weighted by Gasteiger charge is -2.29. The number of hydrogen-bond acceptors (Lipinski definition) is 5. The van der Waals surface area contributed by atoms with Gasteiger partial charge in [0.05, 0.1) is 10.5 Å². The maximum Gasteiger partial charge on any atom is 0.343 e. The summed E-state index contributed by atoms with van der Waals surface area (Å²) in [6, 6.07) is 13.8. The average Bonchev–Trinajstić information content (AvgIpc) is 3.03. The third-order valence-corrected chi connectivity index (χ3v) is 6.81. The van der Waals surface area contributed by atoms with Gasteiger partial charge in [-0.15, -0.1) is 0 Å². The van der Waals surface area contributed by atoms with Crippen molar-refractivity contribution in [1.29, 1.82) is 0 Å². The average molecular weight is 458 g/mol. The summed E-state index contributed by atoms with van der Waals surface area (Å²) in [5, 5.41) is 0.560. The molecule has 7 heteroatoms. The first kappa shape index (κ1) is 21.1. The van der Waals surface area contributed by atoms with E-state index >= 15 is 0 Å². The van der Waals surface area contributed by atoms with Gasteiger partial charge in [0.2, 0.25) is 0 Å². The summed E-state index contributed by atoms with van der Waals surface area (Å²) in [6.45, 7) is 0. The molecule has 2 aliphatic rings. The van der Waals surface area contributed by atoms with E-state index in [1.165, 1.54) is 18.2 Å². The molecule has 1 amide bonds. The van der Waals surface area contributed by atoms with Crippen LogP contribution in [0.15, 0.2) is 53.4 Å². The number of rotatable bonds is 4. The maximum absolute atomic E-state index is 12.9. The third kappa shape index (κ3) is 4.77. The molecule has 1 aliphatic heterocycles. The number of esters is 1. The Bertz CT molecular complexity index is 996. The molecular weight excluding hydrogens is 438 g/mol. The first-order valence-corrected chi connectivity index (χ1v) is 11.5. The minimum atomic E-state index is -0.451. The van der Waals surface area contributed by atoms with Gasteiger partial charge in [-0.2, -0.15) is 0 Å². The monoisotopic (exact) mass is 457 g/mol. The minimum Gasteiger partial charge on any atom is -0.423 e. The van der Waals surface area contributed by atoms with Crippen molar-refractivity contribution in [2.45, 2.75) is 38.1 Å². The van der Waals surface area contributed by atoms with Crippen LogP contribution in [-0.4, -0.2) is 27.1 Å². The largest absolute Gasteiger partial charge is 0.423 e. The summed E-state index contributed by atoms with van der Waals surface area (Å²) in [6.07, 6.45) is 7.41. The van der Waals surface area contributed by atoms with Gasteiger partial charge < -0.3 is 4.74 Å². The molecule has 0 atom stereocenters. The number of ether oxygens (including phenoxy) is 1. The van der Waals surface area contributed by atoms with Gasteiger partial charge in [0, 0.05) is 11.1 Å². The van der Waals surface area contributed by atoms with E-state index in [-0.39, 0.29) is 11.9 Å². The number of amides is 1. The van der Waals surface area contributed by atoms with Crippen LogP contribution in [0.1, 0.15) is 48.0 Å². The van der Waals surface area contributed by atoms with Gasteiger partial charge in [-0.1, -0.05) is 67.0 Å². The van der Waals surface area contributed by atoms with E-state index in [1.807, 2.05) is 18.2 Å². The van der Waals surface area contributed by atoms with E-state index in [4.69, 9.17) is 28.6 Å². The highest BCUT2D eigenvalue weighted by Crippen LogP contribution is 2.37. The lowest BCUT2D eigenvalue weighted by molar-refractivity contribution is -0.124. The summed E-state index contributed by atoms with van der Waals surface area (Å²) in [5.74, 6) is -0.0234. The second kappa shape index (κ2) is 9.33. The molecule has 0 N–H and O–H groups in total. The van der Waals surface area contributed by atoms with Crippen molar-refractivity contribution in [2.75, 3.05) is 0 Å². The zero-order valence-electron chi connectivity index (χ0n) is 16.2. The van der Waals surface area contributed by atoms with E-state index in [2.05, 4.69) is 0 Å². The van der Waals surface area contributed by atoms with Crippen molar-refractivity contribution in [3.8, 4) is 5.75 Å². The zero-order valence-corrected chi connectivity index (χ0v) is 18.6. The normalized spacial score (nSPS) is 18.8. The number of halogens is 1. The molecule has 0 spiro atoms. The fraction of sp³-hybridized carbons (Fsp3) is 0.261. The molecule has 2 fully saturated rings. The molecule has 2 aromatic carbocycles. The predicted octanol–water partition coefficient (Wildman–Crippen LogP) is 6.09.